The predicted octanol–water partition coefficient (Wildman–Crippen LogP) is 3.31. The lowest BCUT2D eigenvalue weighted by atomic mass is 10.2. The third kappa shape index (κ3) is 3.29. The van der Waals surface area contributed by atoms with Crippen LogP contribution in [0.4, 0.5) is 11.4 Å². The molecule has 17 heavy (non-hydrogen) atoms. The summed E-state index contributed by atoms with van der Waals surface area (Å²) >= 11 is 1.72. The number of nitro benzene ring substituents is 1. The SMILES string of the molecule is O=[N+]([O-])c1cccc(NCCc2cccs2)c1. The molecule has 0 aliphatic rings. The van der Waals surface area contributed by atoms with Gasteiger partial charge >= 0.3 is 0 Å². The molecule has 1 aromatic heterocycles. The predicted molar refractivity (Wildman–Crippen MR) is 69.6 cm³/mol. The van der Waals surface area contributed by atoms with E-state index in [1.807, 2.05) is 17.5 Å². The summed E-state index contributed by atoms with van der Waals surface area (Å²) in [6.07, 6.45) is 0.931. The van der Waals surface area contributed by atoms with Crippen LogP contribution in [0.15, 0.2) is 41.8 Å². The van der Waals surface area contributed by atoms with E-state index in [0.717, 1.165) is 18.7 Å². The van der Waals surface area contributed by atoms with Gasteiger partial charge in [0.25, 0.3) is 5.69 Å². The average Bonchev–Trinajstić information content (AvgIpc) is 2.82. The van der Waals surface area contributed by atoms with Gasteiger partial charge < -0.3 is 5.32 Å². The molecule has 0 aliphatic carbocycles. The zero-order valence-corrected chi connectivity index (χ0v) is 9.94. The summed E-state index contributed by atoms with van der Waals surface area (Å²) < 4.78 is 0. The second kappa shape index (κ2) is 5.45. The Labute approximate surface area is 103 Å². The van der Waals surface area contributed by atoms with Crippen molar-refractivity contribution in [3.8, 4) is 0 Å². The Kier molecular flexibility index (Phi) is 3.72. The lowest BCUT2D eigenvalue weighted by molar-refractivity contribution is -0.384. The van der Waals surface area contributed by atoms with Gasteiger partial charge in [0.05, 0.1) is 4.92 Å². The average molecular weight is 248 g/mol. The quantitative estimate of drug-likeness (QED) is 0.652. The van der Waals surface area contributed by atoms with Crippen molar-refractivity contribution < 1.29 is 4.92 Å². The van der Waals surface area contributed by atoms with Crippen LogP contribution in [0.1, 0.15) is 4.88 Å². The van der Waals surface area contributed by atoms with Crippen molar-refractivity contribution in [3.63, 3.8) is 0 Å². The summed E-state index contributed by atoms with van der Waals surface area (Å²) in [4.78, 5) is 11.5. The van der Waals surface area contributed by atoms with Gasteiger partial charge in [-0.25, -0.2) is 0 Å². The first-order chi connectivity index (χ1) is 8.25. The maximum atomic E-state index is 10.6. The molecular formula is C12H12N2O2S. The summed E-state index contributed by atoms with van der Waals surface area (Å²) in [6, 6.07) is 10.7. The molecule has 0 unspecified atom stereocenters. The fraction of sp³-hybridized carbons (Fsp3) is 0.167. The van der Waals surface area contributed by atoms with Crippen molar-refractivity contribution in [1.29, 1.82) is 0 Å². The normalized spacial score (nSPS) is 10.1. The molecule has 1 aromatic carbocycles. The van der Waals surface area contributed by atoms with E-state index in [-0.39, 0.29) is 10.6 Å². The van der Waals surface area contributed by atoms with Crippen molar-refractivity contribution in [3.05, 3.63) is 56.8 Å². The monoisotopic (exact) mass is 248 g/mol. The van der Waals surface area contributed by atoms with Crippen molar-refractivity contribution in [1.82, 2.24) is 0 Å². The van der Waals surface area contributed by atoms with Gasteiger partial charge in [0.2, 0.25) is 0 Å². The van der Waals surface area contributed by atoms with Gasteiger partial charge in [-0.05, 0) is 23.9 Å². The highest BCUT2D eigenvalue weighted by molar-refractivity contribution is 7.09. The summed E-state index contributed by atoms with van der Waals surface area (Å²) in [5.41, 5.74) is 0.905. The highest BCUT2D eigenvalue weighted by Gasteiger charge is 2.04. The van der Waals surface area contributed by atoms with E-state index in [1.54, 1.807) is 23.5 Å². The number of benzene rings is 1. The third-order valence-corrected chi connectivity index (χ3v) is 3.27. The molecule has 1 N–H and O–H groups in total. The van der Waals surface area contributed by atoms with E-state index in [0.29, 0.717) is 0 Å². The van der Waals surface area contributed by atoms with E-state index >= 15 is 0 Å². The number of nitrogens with one attached hydrogen (secondary N) is 1. The minimum atomic E-state index is -0.384. The maximum absolute atomic E-state index is 10.6. The van der Waals surface area contributed by atoms with E-state index in [4.69, 9.17) is 0 Å². The molecule has 0 radical (unpaired) electrons. The largest absolute Gasteiger partial charge is 0.384 e. The smallest absolute Gasteiger partial charge is 0.271 e. The first-order valence-electron chi connectivity index (χ1n) is 5.26. The summed E-state index contributed by atoms with van der Waals surface area (Å²) in [5.74, 6) is 0. The summed E-state index contributed by atoms with van der Waals surface area (Å²) in [6.45, 7) is 0.779. The fourth-order valence-corrected chi connectivity index (χ4v) is 2.22. The molecule has 1 heterocycles. The van der Waals surface area contributed by atoms with Crippen LogP contribution in [0, 0.1) is 10.1 Å². The zero-order chi connectivity index (χ0) is 12.1. The van der Waals surface area contributed by atoms with E-state index in [1.165, 1.54) is 10.9 Å². The molecule has 2 rings (SSSR count). The molecule has 0 amide bonds. The minimum absolute atomic E-state index is 0.117. The molecule has 0 saturated heterocycles. The molecular weight excluding hydrogens is 236 g/mol. The number of nitrogens with zero attached hydrogens (tertiary/aromatic N) is 1. The van der Waals surface area contributed by atoms with Crippen molar-refractivity contribution >= 4 is 22.7 Å². The lowest BCUT2D eigenvalue weighted by Crippen LogP contribution is -2.04. The number of hydrogen-bond acceptors (Lipinski definition) is 4. The summed E-state index contributed by atoms with van der Waals surface area (Å²) in [7, 11) is 0. The Hall–Kier alpha value is -1.88. The first-order valence-corrected chi connectivity index (χ1v) is 6.14. The highest BCUT2D eigenvalue weighted by Crippen LogP contribution is 2.17. The Morgan fingerprint density at radius 1 is 1.29 bits per heavy atom. The van der Waals surface area contributed by atoms with Crippen LogP contribution in [0.3, 0.4) is 0 Å². The molecule has 5 heteroatoms. The third-order valence-electron chi connectivity index (χ3n) is 2.34. The van der Waals surface area contributed by atoms with Gasteiger partial charge in [0.15, 0.2) is 0 Å². The van der Waals surface area contributed by atoms with Crippen molar-refractivity contribution in [2.24, 2.45) is 0 Å². The van der Waals surface area contributed by atoms with Crippen LogP contribution in [0.5, 0.6) is 0 Å². The number of anilines is 1. The molecule has 0 saturated carbocycles. The maximum Gasteiger partial charge on any atom is 0.271 e. The van der Waals surface area contributed by atoms with Crippen LogP contribution in [-0.4, -0.2) is 11.5 Å². The molecule has 0 atom stereocenters. The standard InChI is InChI=1S/C12H12N2O2S/c15-14(16)11-4-1-3-10(9-11)13-7-6-12-5-2-8-17-12/h1-5,8-9,13H,6-7H2. The molecule has 0 fully saturated rings. The fourth-order valence-electron chi connectivity index (χ4n) is 1.51. The van der Waals surface area contributed by atoms with Crippen LogP contribution in [-0.2, 0) is 6.42 Å². The Morgan fingerprint density at radius 2 is 2.18 bits per heavy atom. The lowest BCUT2D eigenvalue weighted by Gasteiger charge is -2.04. The Balaban J connectivity index is 1.90. The van der Waals surface area contributed by atoms with Crippen molar-refractivity contribution in [2.45, 2.75) is 6.42 Å². The van der Waals surface area contributed by atoms with Crippen LogP contribution in [0.2, 0.25) is 0 Å². The Morgan fingerprint density at radius 3 is 2.88 bits per heavy atom. The van der Waals surface area contributed by atoms with Crippen LogP contribution >= 0.6 is 11.3 Å². The van der Waals surface area contributed by atoms with E-state index < -0.39 is 0 Å². The summed E-state index contributed by atoms with van der Waals surface area (Å²) in [5, 5.41) is 15.8. The Bertz CT molecular complexity index is 497. The molecule has 4 nitrogen and oxygen atoms in total. The number of hydrogen-bond donors (Lipinski definition) is 1. The molecule has 2 aromatic rings. The minimum Gasteiger partial charge on any atom is -0.384 e. The number of thiophene rings is 1. The van der Waals surface area contributed by atoms with Crippen LogP contribution < -0.4 is 5.32 Å². The number of non-ortho nitro benzene ring substituents is 1. The van der Waals surface area contributed by atoms with Gasteiger partial charge in [-0.1, -0.05) is 12.1 Å². The zero-order valence-electron chi connectivity index (χ0n) is 9.13. The second-order valence-corrected chi connectivity index (χ2v) is 4.60. The van der Waals surface area contributed by atoms with Crippen molar-refractivity contribution in [2.75, 3.05) is 11.9 Å². The molecule has 0 spiro atoms. The van der Waals surface area contributed by atoms with E-state index in [2.05, 4.69) is 11.4 Å². The van der Waals surface area contributed by atoms with Gasteiger partial charge in [0, 0.05) is 29.2 Å². The highest BCUT2D eigenvalue weighted by atomic mass is 32.1. The van der Waals surface area contributed by atoms with Gasteiger partial charge in [-0.2, -0.15) is 0 Å². The van der Waals surface area contributed by atoms with Gasteiger partial charge in [-0.15, -0.1) is 11.3 Å². The van der Waals surface area contributed by atoms with Crippen LogP contribution in [0.25, 0.3) is 0 Å². The van der Waals surface area contributed by atoms with E-state index in [9.17, 15) is 10.1 Å². The first kappa shape index (κ1) is 11.6. The molecule has 88 valence electrons. The van der Waals surface area contributed by atoms with Gasteiger partial charge in [-0.3, -0.25) is 10.1 Å². The molecule has 0 aliphatic heterocycles. The number of nitro groups is 1. The number of rotatable bonds is 5. The molecule has 0 bridgehead atoms. The topological polar surface area (TPSA) is 55.2 Å². The van der Waals surface area contributed by atoms with Gasteiger partial charge in [0.1, 0.15) is 0 Å². The second-order valence-electron chi connectivity index (χ2n) is 3.56.